The summed E-state index contributed by atoms with van der Waals surface area (Å²) in [6, 6.07) is 0. The fourth-order valence-corrected chi connectivity index (χ4v) is 1.46. The van der Waals surface area contributed by atoms with Crippen LogP contribution in [0, 0.1) is 11.8 Å². The summed E-state index contributed by atoms with van der Waals surface area (Å²) >= 11 is 0. The van der Waals surface area contributed by atoms with E-state index in [0.29, 0.717) is 18.4 Å². The summed E-state index contributed by atoms with van der Waals surface area (Å²) in [5, 5.41) is 3.90. The lowest BCUT2D eigenvalue weighted by Crippen LogP contribution is -2.33. The zero-order valence-corrected chi connectivity index (χ0v) is 6.04. The van der Waals surface area contributed by atoms with Crippen molar-refractivity contribution in [2.24, 2.45) is 17.0 Å². The standard InChI is InChI=1S/C7H11NO2/c1-5-2-9-4-7-6(5)3-10-8-7/h5-6H,2-4H2,1H3/t5-,6?/m0/s1. The molecule has 3 heteroatoms. The number of hydrogen-bond acceptors (Lipinski definition) is 3. The first-order valence-electron chi connectivity index (χ1n) is 3.64. The third-order valence-corrected chi connectivity index (χ3v) is 2.18. The molecule has 56 valence electrons. The summed E-state index contributed by atoms with van der Waals surface area (Å²) in [4.78, 5) is 4.97. The first-order chi connectivity index (χ1) is 4.88. The topological polar surface area (TPSA) is 30.8 Å². The molecule has 0 bridgehead atoms. The van der Waals surface area contributed by atoms with E-state index in [0.717, 1.165) is 18.9 Å². The molecular formula is C7H11NO2. The van der Waals surface area contributed by atoms with Crippen molar-refractivity contribution in [3.63, 3.8) is 0 Å². The Morgan fingerprint density at radius 2 is 2.40 bits per heavy atom. The average Bonchev–Trinajstić information content (AvgIpc) is 2.36. The van der Waals surface area contributed by atoms with Crippen molar-refractivity contribution in [3.8, 4) is 0 Å². The van der Waals surface area contributed by atoms with Crippen LogP contribution in [0.2, 0.25) is 0 Å². The van der Waals surface area contributed by atoms with E-state index in [9.17, 15) is 0 Å². The molecular weight excluding hydrogens is 130 g/mol. The SMILES string of the molecule is C[C@H]1COCC2=NOCC21. The second-order valence-electron chi connectivity index (χ2n) is 2.98. The van der Waals surface area contributed by atoms with Gasteiger partial charge in [0, 0.05) is 5.92 Å². The molecule has 10 heavy (non-hydrogen) atoms. The molecule has 0 N–H and O–H groups in total. The van der Waals surface area contributed by atoms with Crippen LogP contribution in [0.3, 0.4) is 0 Å². The lowest BCUT2D eigenvalue weighted by atomic mass is 9.90. The average molecular weight is 141 g/mol. The molecule has 2 aliphatic rings. The molecule has 0 aromatic heterocycles. The predicted octanol–water partition coefficient (Wildman–Crippen LogP) is 0.655. The molecule has 0 aromatic carbocycles. The Hall–Kier alpha value is -0.570. The van der Waals surface area contributed by atoms with Gasteiger partial charge < -0.3 is 9.57 Å². The maximum atomic E-state index is 5.28. The van der Waals surface area contributed by atoms with E-state index in [1.54, 1.807) is 0 Å². The second kappa shape index (κ2) is 2.23. The molecule has 0 aromatic rings. The second-order valence-corrected chi connectivity index (χ2v) is 2.98. The van der Waals surface area contributed by atoms with Crippen molar-refractivity contribution in [1.82, 2.24) is 0 Å². The molecule has 1 saturated heterocycles. The van der Waals surface area contributed by atoms with Crippen molar-refractivity contribution in [1.29, 1.82) is 0 Å². The van der Waals surface area contributed by atoms with E-state index < -0.39 is 0 Å². The Morgan fingerprint density at radius 3 is 3.20 bits per heavy atom. The van der Waals surface area contributed by atoms with Gasteiger partial charge in [0.1, 0.15) is 6.61 Å². The normalized spacial score (nSPS) is 38.3. The van der Waals surface area contributed by atoms with Crippen LogP contribution in [-0.4, -0.2) is 25.5 Å². The summed E-state index contributed by atoms with van der Waals surface area (Å²) < 4.78 is 5.28. The van der Waals surface area contributed by atoms with Crippen LogP contribution in [0.5, 0.6) is 0 Å². The van der Waals surface area contributed by atoms with E-state index in [1.807, 2.05) is 0 Å². The van der Waals surface area contributed by atoms with Crippen LogP contribution in [0.1, 0.15) is 6.92 Å². The van der Waals surface area contributed by atoms with Crippen molar-refractivity contribution >= 4 is 5.71 Å². The van der Waals surface area contributed by atoms with Gasteiger partial charge in [0.25, 0.3) is 0 Å². The molecule has 2 heterocycles. The van der Waals surface area contributed by atoms with Crippen molar-refractivity contribution in [2.45, 2.75) is 6.92 Å². The number of hydrogen-bond donors (Lipinski definition) is 0. The molecule has 1 unspecified atom stereocenters. The summed E-state index contributed by atoms with van der Waals surface area (Å²) in [5.74, 6) is 1.11. The monoisotopic (exact) mass is 141 g/mol. The van der Waals surface area contributed by atoms with E-state index in [-0.39, 0.29) is 0 Å². The van der Waals surface area contributed by atoms with Gasteiger partial charge >= 0.3 is 0 Å². The van der Waals surface area contributed by atoms with Crippen molar-refractivity contribution in [3.05, 3.63) is 0 Å². The molecule has 1 fully saturated rings. The van der Waals surface area contributed by atoms with E-state index >= 15 is 0 Å². The van der Waals surface area contributed by atoms with Crippen LogP contribution in [0.4, 0.5) is 0 Å². The quantitative estimate of drug-likeness (QED) is 0.496. The summed E-state index contributed by atoms with van der Waals surface area (Å²) in [5.41, 5.74) is 1.10. The third-order valence-electron chi connectivity index (χ3n) is 2.18. The minimum absolute atomic E-state index is 0.536. The van der Waals surface area contributed by atoms with Crippen LogP contribution in [0.15, 0.2) is 5.16 Å². The molecule has 0 spiro atoms. The number of rotatable bonds is 0. The Morgan fingerprint density at radius 1 is 1.50 bits per heavy atom. The number of oxime groups is 1. The molecule has 2 atom stereocenters. The Bertz CT molecular complexity index is 167. The maximum Gasteiger partial charge on any atom is 0.125 e. The molecule has 0 radical (unpaired) electrons. The Labute approximate surface area is 60.0 Å². The number of fused-ring (bicyclic) bond motifs is 1. The lowest BCUT2D eigenvalue weighted by Gasteiger charge is -2.23. The van der Waals surface area contributed by atoms with Crippen molar-refractivity contribution in [2.75, 3.05) is 19.8 Å². The Kier molecular flexibility index (Phi) is 1.38. The smallest absolute Gasteiger partial charge is 0.125 e. The molecule has 2 rings (SSSR count). The Balaban J connectivity index is 2.13. The summed E-state index contributed by atoms with van der Waals surface area (Å²) in [6.45, 7) is 4.47. The zero-order chi connectivity index (χ0) is 6.97. The molecule has 0 aliphatic carbocycles. The summed E-state index contributed by atoms with van der Waals surface area (Å²) in [7, 11) is 0. The van der Waals surface area contributed by atoms with E-state index in [1.165, 1.54) is 0 Å². The van der Waals surface area contributed by atoms with Gasteiger partial charge in [-0.15, -0.1) is 0 Å². The minimum Gasteiger partial charge on any atom is -0.395 e. The van der Waals surface area contributed by atoms with E-state index in [4.69, 9.17) is 9.57 Å². The third kappa shape index (κ3) is 0.814. The van der Waals surface area contributed by atoms with Crippen LogP contribution >= 0.6 is 0 Å². The van der Waals surface area contributed by atoms with Gasteiger partial charge in [-0.3, -0.25) is 0 Å². The van der Waals surface area contributed by atoms with Gasteiger partial charge in [0.15, 0.2) is 0 Å². The molecule has 0 saturated carbocycles. The predicted molar refractivity (Wildman–Crippen MR) is 36.9 cm³/mol. The fourth-order valence-electron chi connectivity index (χ4n) is 1.46. The van der Waals surface area contributed by atoms with Crippen LogP contribution in [-0.2, 0) is 9.57 Å². The van der Waals surface area contributed by atoms with Gasteiger partial charge in [-0.05, 0) is 5.92 Å². The first kappa shape index (κ1) is 6.16. The number of nitrogens with zero attached hydrogens (tertiary/aromatic N) is 1. The van der Waals surface area contributed by atoms with Crippen molar-refractivity contribution < 1.29 is 9.57 Å². The van der Waals surface area contributed by atoms with E-state index in [2.05, 4.69) is 12.1 Å². The van der Waals surface area contributed by atoms with Gasteiger partial charge in [0.05, 0.1) is 18.9 Å². The molecule has 2 aliphatic heterocycles. The van der Waals surface area contributed by atoms with Crippen LogP contribution in [0.25, 0.3) is 0 Å². The van der Waals surface area contributed by atoms with Gasteiger partial charge in [-0.1, -0.05) is 12.1 Å². The van der Waals surface area contributed by atoms with Gasteiger partial charge in [-0.25, -0.2) is 0 Å². The van der Waals surface area contributed by atoms with Crippen LogP contribution < -0.4 is 0 Å². The highest BCUT2D eigenvalue weighted by Crippen LogP contribution is 2.23. The highest BCUT2D eigenvalue weighted by atomic mass is 16.6. The molecule has 0 amide bonds. The lowest BCUT2D eigenvalue weighted by molar-refractivity contribution is 0.0808. The highest BCUT2D eigenvalue weighted by molar-refractivity contribution is 5.89. The zero-order valence-electron chi connectivity index (χ0n) is 6.04. The van der Waals surface area contributed by atoms with Gasteiger partial charge in [0.2, 0.25) is 0 Å². The fraction of sp³-hybridized carbons (Fsp3) is 0.857. The first-order valence-corrected chi connectivity index (χ1v) is 3.64. The molecule has 3 nitrogen and oxygen atoms in total. The number of ether oxygens (including phenoxy) is 1. The van der Waals surface area contributed by atoms with Gasteiger partial charge in [-0.2, -0.15) is 0 Å². The summed E-state index contributed by atoms with van der Waals surface area (Å²) in [6.07, 6.45) is 0. The maximum absolute atomic E-state index is 5.28. The highest BCUT2D eigenvalue weighted by Gasteiger charge is 2.32. The largest absolute Gasteiger partial charge is 0.395 e. The minimum atomic E-state index is 0.536.